The molecule has 6 N–H and O–H groups in total. The van der Waals surface area contributed by atoms with Gasteiger partial charge in [0.1, 0.15) is 28.6 Å². The normalized spacial score (nSPS) is 26.3. The molecule has 4 rings (SSSR count). The number of carbonyl (C=O) groups is 4. The van der Waals surface area contributed by atoms with Crippen molar-refractivity contribution >= 4 is 29.0 Å². The zero-order valence-corrected chi connectivity index (χ0v) is 19.8. The van der Waals surface area contributed by atoms with Crippen molar-refractivity contribution in [3.8, 4) is 5.75 Å². The lowest BCUT2D eigenvalue weighted by molar-refractivity contribution is -0.147. The van der Waals surface area contributed by atoms with Crippen LogP contribution in [-0.2, 0) is 32.0 Å². The van der Waals surface area contributed by atoms with Gasteiger partial charge >= 0.3 is 0 Å². The summed E-state index contributed by atoms with van der Waals surface area (Å²) in [5.74, 6) is -6.50. The predicted octanol–water partition coefficient (Wildman–Crippen LogP) is 1.97. The highest BCUT2D eigenvalue weighted by molar-refractivity contribution is 6.22. The SMILES string of the molecule is CC(C)(C)C(=O)CCc1ccc(O)c2c1C[C@H]1C[C@H]3CC(=O)C(C(N)=O)=C(O)[C@@]3(O)C(=O)C1=C2O. The third-order valence-corrected chi connectivity index (χ3v) is 7.50. The number of phenolic OH excluding ortho intramolecular Hbond substituents is 1. The van der Waals surface area contributed by atoms with Gasteiger partial charge in [0.05, 0.1) is 5.56 Å². The number of benzene rings is 1. The van der Waals surface area contributed by atoms with Crippen molar-refractivity contribution in [1.82, 2.24) is 0 Å². The molecule has 3 aliphatic carbocycles. The third-order valence-electron chi connectivity index (χ3n) is 7.50. The molecule has 1 aromatic rings. The zero-order chi connectivity index (χ0) is 26.0. The second-order valence-electron chi connectivity index (χ2n) is 10.7. The molecule has 3 aliphatic rings. The van der Waals surface area contributed by atoms with Gasteiger partial charge in [0.15, 0.2) is 11.4 Å². The van der Waals surface area contributed by atoms with Gasteiger partial charge in [-0.1, -0.05) is 26.8 Å². The lowest BCUT2D eigenvalue weighted by atomic mass is 9.59. The van der Waals surface area contributed by atoms with Crippen LogP contribution in [0.15, 0.2) is 29.0 Å². The van der Waals surface area contributed by atoms with Crippen molar-refractivity contribution in [2.24, 2.45) is 23.0 Å². The fraction of sp³-hybridized carbons (Fsp3) is 0.462. The molecular formula is C26H29NO8. The van der Waals surface area contributed by atoms with Gasteiger partial charge in [-0.3, -0.25) is 19.2 Å². The zero-order valence-electron chi connectivity index (χ0n) is 19.8. The molecule has 9 nitrogen and oxygen atoms in total. The van der Waals surface area contributed by atoms with Crippen molar-refractivity contribution in [3.63, 3.8) is 0 Å². The number of fused-ring (bicyclic) bond motifs is 3. The molecule has 0 aromatic heterocycles. The number of primary amides is 1. The van der Waals surface area contributed by atoms with Crippen LogP contribution in [0.25, 0.3) is 5.76 Å². The highest BCUT2D eigenvalue weighted by atomic mass is 16.3. The van der Waals surface area contributed by atoms with Gasteiger partial charge in [0.25, 0.3) is 5.91 Å². The van der Waals surface area contributed by atoms with E-state index in [4.69, 9.17) is 5.73 Å². The van der Waals surface area contributed by atoms with Crippen LogP contribution in [0.5, 0.6) is 5.75 Å². The molecule has 1 amide bonds. The van der Waals surface area contributed by atoms with Gasteiger partial charge in [0.2, 0.25) is 5.78 Å². The van der Waals surface area contributed by atoms with E-state index in [1.54, 1.807) is 6.07 Å². The fourth-order valence-corrected chi connectivity index (χ4v) is 5.54. The Bertz CT molecular complexity index is 1250. The van der Waals surface area contributed by atoms with Crippen LogP contribution >= 0.6 is 0 Å². The van der Waals surface area contributed by atoms with Crippen LogP contribution in [0, 0.1) is 17.3 Å². The smallest absolute Gasteiger partial charge is 0.255 e. The minimum atomic E-state index is -2.58. The van der Waals surface area contributed by atoms with Crippen molar-refractivity contribution in [2.45, 2.75) is 58.5 Å². The molecule has 35 heavy (non-hydrogen) atoms. The Balaban J connectivity index is 1.81. The van der Waals surface area contributed by atoms with E-state index in [0.29, 0.717) is 12.0 Å². The van der Waals surface area contributed by atoms with Gasteiger partial charge < -0.3 is 26.2 Å². The second kappa shape index (κ2) is 8.05. The maximum absolute atomic E-state index is 13.5. The van der Waals surface area contributed by atoms with Gasteiger partial charge in [-0.2, -0.15) is 0 Å². The number of hydrogen-bond donors (Lipinski definition) is 5. The summed E-state index contributed by atoms with van der Waals surface area (Å²) in [5, 5.41) is 43.5. The molecule has 9 heteroatoms. The first-order valence-electron chi connectivity index (χ1n) is 11.5. The molecule has 186 valence electrons. The van der Waals surface area contributed by atoms with E-state index in [2.05, 4.69) is 0 Å². The molecule has 0 aliphatic heterocycles. The first-order chi connectivity index (χ1) is 16.2. The second-order valence-corrected chi connectivity index (χ2v) is 10.7. The standard InChI is InChI=1S/C26H29NO8/c1-25(2,3)17(30)7-5-11-4-6-15(28)19-14(11)9-12-8-13-10-16(29)20(24(27)34)23(33)26(13,35)22(32)18(12)21(19)31/h4,6,12-13,28,31,33,35H,5,7-10H2,1-3H3,(H2,27,34)/t12-,13+,26+/m1/s1. The predicted molar refractivity (Wildman–Crippen MR) is 124 cm³/mol. The molecule has 1 fully saturated rings. The first kappa shape index (κ1) is 24.7. The van der Waals surface area contributed by atoms with Crippen molar-refractivity contribution in [2.75, 3.05) is 0 Å². The number of Topliss-reactive ketones (excluding diaryl/α,β-unsaturated/α-hetero) is 3. The summed E-state index contributed by atoms with van der Waals surface area (Å²) >= 11 is 0. The van der Waals surface area contributed by atoms with E-state index in [9.17, 15) is 39.6 Å². The van der Waals surface area contributed by atoms with Crippen molar-refractivity contribution in [3.05, 3.63) is 45.7 Å². The highest BCUT2D eigenvalue weighted by Crippen LogP contribution is 2.52. The summed E-state index contributed by atoms with van der Waals surface area (Å²) in [4.78, 5) is 50.1. The van der Waals surface area contributed by atoms with E-state index in [1.807, 2.05) is 20.8 Å². The molecule has 1 aromatic carbocycles. The Morgan fingerprint density at radius 3 is 2.37 bits per heavy atom. The number of nitrogens with two attached hydrogens (primary N) is 1. The molecule has 0 saturated heterocycles. The van der Waals surface area contributed by atoms with Crippen LogP contribution in [0.4, 0.5) is 0 Å². The molecule has 0 heterocycles. The third kappa shape index (κ3) is 3.65. The number of amides is 1. The number of carbonyl (C=O) groups excluding carboxylic acids is 4. The number of rotatable bonds is 4. The molecule has 0 spiro atoms. The van der Waals surface area contributed by atoms with Gasteiger partial charge in [-0.15, -0.1) is 0 Å². The quantitative estimate of drug-likeness (QED) is 0.404. The van der Waals surface area contributed by atoms with Crippen LogP contribution in [0.1, 0.15) is 56.7 Å². The Labute approximate surface area is 201 Å². The average molecular weight is 484 g/mol. The topological polar surface area (TPSA) is 175 Å². The van der Waals surface area contributed by atoms with Crippen LogP contribution in [-0.4, -0.2) is 49.3 Å². The average Bonchev–Trinajstić information content (AvgIpc) is 2.74. The highest BCUT2D eigenvalue weighted by Gasteiger charge is 2.60. The van der Waals surface area contributed by atoms with Crippen molar-refractivity contribution in [1.29, 1.82) is 0 Å². The van der Waals surface area contributed by atoms with Crippen LogP contribution in [0.3, 0.4) is 0 Å². The molecule has 0 radical (unpaired) electrons. The monoisotopic (exact) mass is 483 g/mol. The molecular weight excluding hydrogens is 454 g/mol. The number of ketones is 3. The van der Waals surface area contributed by atoms with Gasteiger partial charge in [-0.05, 0) is 42.4 Å². The van der Waals surface area contributed by atoms with Gasteiger partial charge in [0, 0.05) is 29.7 Å². The summed E-state index contributed by atoms with van der Waals surface area (Å²) in [6.07, 6.45) is 0.558. The summed E-state index contributed by atoms with van der Waals surface area (Å²) in [7, 11) is 0. The maximum atomic E-state index is 13.5. The number of aryl methyl sites for hydroxylation is 1. The van der Waals surface area contributed by atoms with E-state index in [-0.39, 0.29) is 48.4 Å². The van der Waals surface area contributed by atoms with E-state index >= 15 is 0 Å². The number of hydrogen-bond acceptors (Lipinski definition) is 8. The Morgan fingerprint density at radius 2 is 1.77 bits per heavy atom. The summed E-state index contributed by atoms with van der Waals surface area (Å²) in [6, 6.07) is 3.06. The molecule has 0 unspecified atom stereocenters. The summed E-state index contributed by atoms with van der Waals surface area (Å²) in [6.45, 7) is 5.49. The van der Waals surface area contributed by atoms with Gasteiger partial charge in [-0.25, -0.2) is 0 Å². The summed E-state index contributed by atoms with van der Waals surface area (Å²) < 4.78 is 0. The Morgan fingerprint density at radius 1 is 1.11 bits per heavy atom. The van der Waals surface area contributed by atoms with E-state index in [1.165, 1.54) is 6.07 Å². The van der Waals surface area contributed by atoms with Crippen LogP contribution < -0.4 is 5.73 Å². The Kier molecular flexibility index (Phi) is 5.67. The Hall–Kier alpha value is -3.46. The summed E-state index contributed by atoms with van der Waals surface area (Å²) in [5.41, 5.74) is 2.47. The van der Waals surface area contributed by atoms with Crippen molar-refractivity contribution < 1.29 is 39.6 Å². The number of aliphatic hydroxyl groups excluding tert-OH is 2. The minimum Gasteiger partial charge on any atom is -0.508 e. The molecule has 3 atom stereocenters. The number of aliphatic hydroxyl groups is 3. The van der Waals surface area contributed by atoms with E-state index < -0.39 is 57.4 Å². The largest absolute Gasteiger partial charge is 0.508 e. The fourth-order valence-electron chi connectivity index (χ4n) is 5.54. The molecule has 1 saturated carbocycles. The lowest BCUT2D eigenvalue weighted by Gasteiger charge is -2.46. The number of aromatic hydroxyl groups is 1. The maximum Gasteiger partial charge on any atom is 0.255 e. The minimum absolute atomic E-state index is 0.0397. The number of phenols is 1. The van der Waals surface area contributed by atoms with Crippen LogP contribution in [0.2, 0.25) is 0 Å². The van der Waals surface area contributed by atoms with E-state index in [0.717, 1.165) is 5.56 Å². The molecule has 0 bridgehead atoms. The lowest BCUT2D eigenvalue weighted by Crippen LogP contribution is -2.58. The first-order valence-corrected chi connectivity index (χ1v) is 11.5.